The molecule has 2 nitrogen and oxygen atoms in total. The highest BCUT2D eigenvalue weighted by Gasteiger charge is 2.18. The number of fused-ring (bicyclic) bond motifs is 1. The van der Waals surface area contributed by atoms with Crippen LogP contribution in [0, 0.1) is 0 Å². The van der Waals surface area contributed by atoms with Crippen molar-refractivity contribution in [3.05, 3.63) is 88.5 Å². The molecule has 0 atom stereocenters. The summed E-state index contributed by atoms with van der Waals surface area (Å²) in [6.07, 6.45) is 9.32. The molecule has 0 unspecified atom stereocenters. The number of rotatable bonds is 4. The molecule has 1 aliphatic rings. The van der Waals surface area contributed by atoms with E-state index in [9.17, 15) is 8.42 Å². The van der Waals surface area contributed by atoms with Gasteiger partial charge in [-0.3, -0.25) is 0 Å². The largest absolute Gasteiger partial charge is 0.261 e. The molecule has 4 heteroatoms. The van der Waals surface area contributed by atoms with Crippen LogP contribution in [0.2, 0.25) is 0 Å². The summed E-state index contributed by atoms with van der Waals surface area (Å²) < 4.78 is 23.4. The summed E-state index contributed by atoms with van der Waals surface area (Å²) in [5.41, 5.74) is 7.10. The maximum absolute atomic E-state index is 11.7. The van der Waals surface area contributed by atoms with Crippen LogP contribution in [0.25, 0.3) is 11.6 Å². The van der Waals surface area contributed by atoms with Gasteiger partial charge in [0.2, 0.25) is 0 Å². The summed E-state index contributed by atoms with van der Waals surface area (Å²) in [4.78, 5) is 0.118. The predicted molar refractivity (Wildman–Crippen MR) is 114 cm³/mol. The zero-order chi connectivity index (χ0) is 19.4. The van der Waals surface area contributed by atoms with Gasteiger partial charge in [0.25, 0.3) is 9.05 Å². The number of benzene rings is 2. The van der Waals surface area contributed by atoms with Crippen LogP contribution in [0.5, 0.6) is 0 Å². The first kappa shape index (κ1) is 19.7. The molecule has 2 aromatic carbocycles. The molecular weight excluding hydrogens is 376 g/mol. The minimum absolute atomic E-state index is 0.118. The van der Waals surface area contributed by atoms with Gasteiger partial charge in [-0.25, -0.2) is 8.42 Å². The molecule has 0 aliphatic heterocycles. The Balaban J connectivity index is 2.26. The zero-order valence-electron chi connectivity index (χ0n) is 15.6. The molecule has 140 valence electrons. The van der Waals surface area contributed by atoms with Crippen molar-refractivity contribution in [1.29, 1.82) is 0 Å². The van der Waals surface area contributed by atoms with Gasteiger partial charge < -0.3 is 0 Å². The Kier molecular flexibility index (Phi) is 6.03. The van der Waals surface area contributed by atoms with Crippen LogP contribution < -0.4 is 0 Å². The first-order chi connectivity index (χ1) is 12.9. The Morgan fingerprint density at radius 3 is 2.56 bits per heavy atom. The van der Waals surface area contributed by atoms with Crippen LogP contribution in [0.3, 0.4) is 0 Å². The topological polar surface area (TPSA) is 34.1 Å². The van der Waals surface area contributed by atoms with Crippen LogP contribution in [0.1, 0.15) is 43.4 Å². The van der Waals surface area contributed by atoms with Crippen LogP contribution in [-0.2, 0) is 15.5 Å². The molecule has 0 aromatic heterocycles. The number of halogens is 1. The molecule has 0 N–H and O–H groups in total. The highest BCUT2D eigenvalue weighted by atomic mass is 35.7. The lowest BCUT2D eigenvalue weighted by atomic mass is 9.91. The standard InChI is InChI=1S/C23H23ClO2S/c1-3-8-21-18(4-2)13-14-19-10-5-6-12-22(19)23(21)16-17-9-7-11-20(15-17)27(24,25)26/h3,5-12,15-16H,4,13-14H2,1-2H3/b8-3-,23-16-. The molecule has 0 heterocycles. The quantitative estimate of drug-likeness (QED) is 0.559. The molecule has 0 spiro atoms. The molecule has 27 heavy (non-hydrogen) atoms. The number of aryl methyl sites for hydroxylation is 1. The summed E-state index contributed by atoms with van der Waals surface area (Å²) in [6.45, 7) is 4.21. The van der Waals surface area contributed by atoms with E-state index in [0.717, 1.165) is 30.4 Å². The zero-order valence-corrected chi connectivity index (χ0v) is 17.1. The van der Waals surface area contributed by atoms with Crippen molar-refractivity contribution in [2.24, 2.45) is 0 Å². The molecule has 1 aliphatic carbocycles. The first-order valence-corrected chi connectivity index (χ1v) is 11.4. The second-order valence-electron chi connectivity index (χ2n) is 6.60. The summed E-state index contributed by atoms with van der Waals surface area (Å²) in [5, 5.41) is 0. The van der Waals surface area contributed by atoms with E-state index in [1.54, 1.807) is 12.1 Å². The fraction of sp³-hybridized carbons (Fsp3) is 0.217. The van der Waals surface area contributed by atoms with Crippen molar-refractivity contribution in [2.45, 2.75) is 38.0 Å². The molecule has 0 saturated heterocycles. The summed E-state index contributed by atoms with van der Waals surface area (Å²) in [6, 6.07) is 15.2. The molecule has 3 rings (SSSR count). The highest BCUT2D eigenvalue weighted by Crippen LogP contribution is 2.37. The van der Waals surface area contributed by atoms with Gasteiger partial charge in [-0.2, -0.15) is 0 Å². The Morgan fingerprint density at radius 2 is 1.85 bits per heavy atom. The lowest BCUT2D eigenvalue weighted by Crippen LogP contribution is -1.94. The fourth-order valence-corrected chi connectivity index (χ4v) is 4.38. The van der Waals surface area contributed by atoms with Crippen LogP contribution in [0.4, 0.5) is 0 Å². The van der Waals surface area contributed by atoms with E-state index in [1.807, 2.05) is 13.0 Å². The molecule has 0 radical (unpaired) electrons. The third kappa shape index (κ3) is 4.42. The van der Waals surface area contributed by atoms with Gasteiger partial charge in [-0.05, 0) is 72.2 Å². The van der Waals surface area contributed by atoms with E-state index in [4.69, 9.17) is 10.7 Å². The molecule has 0 saturated carbocycles. The first-order valence-electron chi connectivity index (χ1n) is 9.13. The third-order valence-electron chi connectivity index (χ3n) is 4.89. The van der Waals surface area contributed by atoms with Gasteiger partial charge in [0.1, 0.15) is 0 Å². The van der Waals surface area contributed by atoms with Gasteiger partial charge >= 0.3 is 0 Å². The minimum atomic E-state index is -3.76. The van der Waals surface area contributed by atoms with Crippen molar-refractivity contribution < 1.29 is 8.42 Å². The van der Waals surface area contributed by atoms with Crippen molar-refractivity contribution >= 4 is 31.4 Å². The highest BCUT2D eigenvalue weighted by molar-refractivity contribution is 8.13. The van der Waals surface area contributed by atoms with Crippen molar-refractivity contribution in [3.8, 4) is 0 Å². The minimum Gasteiger partial charge on any atom is -0.207 e. The van der Waals surface area contributed by atoms with E-state index >= 15 is 0 Å². The van der Waals surface area contributed by atoms with Crippen LogP contribution in [-0.4, -0.2) is 8.42 Å². The average Bonchev–Trinajstić information content (AvgIpc) is 2.79. The van der Waals surface area contributed by atoms with E-state index in [0.29, 0.717) is 0 Å². The molecule has 0 amide bonds. The van der Waals surface area contributed by atoms with Gasteiger partial charge in [0.05, 0.1) is 4.90 Å². The Bertz CT molecular complexity index is 1040. The van der Waals surface area contributed by atoms with Gasteiger partial charge in [-0.1, -0.05) is 61.0 Å². The SMILES string of the molecule is C/C=C\C1=C(CC)CCc2ccccc2/C1=C\c1cccc(S(=O)(=O)Cl)c1. The van der Waals surface area contributed by atoms with Crippen molar-refractivity contribution in [3.63, 3.8) is 0 Å². The maximum atomic E-state index is 11.7. The third-order valence-corrected chi connectivity index (χ3v) is 6.24. The molecular formula is C23H23ClO2S. The smallest absolute Gasteiger partial charge is 0.207 e. The van der Waals surface area contributed by atoms with E-state index in [1.165, 1.54) is 28.3 Å². The van der Waals surface area contributed by atoms with E-state index < -0.39 is 9.05 Å². The summed E-state index contributed by atoms with van der Waals surface area (Å²) in [7, 11) is 1.78. The van der Waals surface area contributed by atoms with Crippen LogP contribution >= 0.6 is 10.7 Å². The normalized spacial score (nSPS) is 16.6. The Labute approximate surface area is 166 Å². The van der Waals surface area contributed by atoms with Crippen molar-refractivity contribution in [1.82, 2.24) is 0 Å². The number of hydrogen-bond donors (Lipinski definition) is 0. The molecule has 0 fully saturated rings. The predicted octanol–water partition coefficient (Wildman–Crippen LogP) is 6.38. The van der Waals surface area contributed by atoms with E-state index in [2.05, 4.69) is 49.4 Å². The fourth-order valence-electron chi connectivity index (χ4n) is 3.58. The molecule has 2 aromatic rings. The lowest BCUT2D eigenvalue weighted by molar-refractivity contribution is 0.609. The Hall–Kier alpha value is -2.10. The average molecular weight is 399 g/mol. The van der Waals surface area contributed by atoms with Crippen LogP contribution in [0.15, 0.2) is 76.7 Å². The van der Waals surface area contributed by atoms with E-state index in [-0.39, 0.29) is 4.90 Å². The number of allylic oxidation sites excluding steroid dienone is 5. The molecule has 0 bridgehead atoms. The second-order valence-corrected chi connectivity index (χ2v) is 9.16. The van der Waals surface area contributed by atoms with Gasteiger partial charge in [0.15, 0.2) is 0 Å². The summed E-state index contributed by atoms with van der Waals surface area (Å²) in [5.74, 6) is 0. The monoisotopic (exact) mass is 398 g/mol. The summed E-state index contributed by atoms with van der Waals surface area (Å²) >= 11 is 0. The van der Waals surface area contributed by atoms with Gasteiger partial charge in [0, 0.05) is 10.7 Å². The lowest BCUT2D eigenvalue weighted by Gasteiger charge is -2.14. The maximum Gasteiger partial charge on any atom is 0.261 e. The van der Waals surface area contributed by atoms with Crippen molar-refractivity contribution in [2.75, 3.05) is 0 Å². The number of hydrogen-bond acceptors (Lipinski definition) is 2. The van der Waals surface area contributed by atoms with Gasteiger partial charge in [-0.15, -0.1) is 0 Å². The second kappa shape index (κ2) is 8.28. The Morgan fingerprint density at radius 1 is 1.07 bits per heavy atom.